The third-order valence-electron chi connectivity index (χ3n) is 1.54. The molecule has 0 N–H and O–H groups in total. The van der Waals surface area contributed by atoms with E-state index in [2.05, 4.69) is 11.6 Å². The van der Waals surface area contributed by atoms with Crippen LogP contribution in [0.4, 0.5) is 13.2 Å². The van der Waals surface area contributed by atoms with Gasteiger partial charge in [0, 0.05) is 11.9 Å². The van der Waals surface area contributed by atoms with Crippen LogP contribution >= 0.6 is 11.6 Å². The highest BCUT2D eigenvalue weighted by Crippen LogP contribution is 2.31. The number of aliphatic imine (C=N–C) groups is 1. The summed E-state index contributed by atoms with van der Waals surface area (Å²) in [5.41, 5.74) is -0.370. The van der Waals surface area contributed by atoms with E-state index < -0.39 is 16.8 Å². The maximum atomic E-state index is 12.0. The van der Waals surface area contributed by atoms with Crippen LogP contribution in [0.3, 0.4) is 0 Å². The minimum Gasteiger partial charge on any atom is -0.264 e. The normalized spacial score (nSPS) is 14.4. The van der Waals surface area contributed by atoms with Crippen molar-refractivity contribution in [2.45, 2.75) is 26.4 Å². The summed E-state index contributed by atoms with van der Waals surface area (Å²) in [7, 11) is 0. The lowest BCUT2D eigenvalue weighted by atomic mass is 10.3. The first kappa shape index (κ1) is 13.2. The lowest BCUT2D eigenvalue weighted by molar-refractivity contribution is -0.0882. The van der Waals surface area contributed by atoms with Gasteiger partial charge in [-0.15, -0.1) is 0 Å². The SMILES string of the molecule is C=C(/C(Cl)=C\N=C(C)CC)C(F)(F)F. The Labute approximate surface area is 86.0 Å². The Morgan fingerprint density at radius 1 is 1.50 bits per heavy atom. The van der Waals surface area contributed by atoms with E-state index >= 15 is 0 Å². The second kappa shape index (κ2) is 5.20. The molecule has 0 saturated carbocycles. The average Bonchev–Trinajstić information content (AvgIpc) is 2.10. The van der Waals surface area contributed by atoms with Gasteiger partial charge in [-0.2, -0.15) is 13.2 Å². The molecule has 0 heterocycles. The number of rotatable bonds is 3. The third kappa shape index (κ3) is 4.46. The first-order chi connectivity index (χ1) is 6.29. The van der Waals surface area contributed by atoms with Crippen LogP contribution in [-0.4, -0.2) is 11.9 Å². The van der Waals surface area contributed by atoms with Crippen LogP contribution in [0.1, 0.15) is 20.3 Å². The van der Waals surface area contributed by atoms with E-state index in [1.807, 2.05) is 6.92 Å². The number of halogens is 4. The van der Waals surface area contributed by atoms with E-state index in [-0.39, 0.29) is 0 Å². The van der Waals surface area contributed by atoms with E-state index in [1.54, 1.807) is 6.92 Å². The molecule has 0 aromatic heterocycles. The van der Waals surface area contributed by atoms with E-state index in [4.69, 9.17) is 11.6 Å². The largest absolute Gasteiger partial charge is 0.417 e. The zero-order chi connectivity index (χ0) is 11.4. The summed E-state index contributed by atoms with van der Waals surface area (Å²) >= 11 is 5.35. The Bertz CT molecular complexity index is 276. The maximum Gasteiger partial charge on any atom is 0.417 e. The molecule has 0 aliphatic carbocycles. The van der Waals surface area contributed by atoms with Crippen molar-refractivity contribution in [1.82, 2.24) is 0 Å². The van der Waals surface area contributed by atoms with E-state index in [9.17, 15) is 13.2 Å². The molecule has 0 atom stereocenters. The molecule has 0 aromatic rings. The lowest BCUT2D eigenvalue weighted by Crippen LogP contribution is -2.10. The Morgan fingerprint density at radius 3 is 2.36 bits per heavy atom. The molecular formula is C9H11ClF3N. The van der Waals surface area contributed by atoms with Gasteiger partial charge < -0.3 is 0 Å². The van der Waals surface area contributed by atoms with Gasteiger partial charge in [-0.25, -0.2) is 0 Å². The molecule has 0 bridgehead atoms. The molecule has 0 fully saturated rings. The number of hydrogen-bond acceptors (Lipinski definition) is 1. The molecule has 5 heteroatoms. The highest BCUT2D eigenvalue weighted by Gasteiger charge is 2.33. The molecule has 0 aromatic carbocycles. The Balaban J connectivity index is 4.64. The van der Waals surface area contributed by atoms with E-state index in [0.29, 0.717) is 12.1 Å². The molecule has 80 valence electrons. The van der Waals surface area contributed by atoms with Gasteiger partial charge in [0.25, 0.3) is 0 Å². The molecule has 0 unspecified atom stereocenters. The predicted molar refractivity (Wildman–Crippen MR) is 52.5 cm³/mol. The number of hydrogen-bond donors (Lipinski definition) is 0. The van der Waals surface area contributed by atoms with Gasteiger partial charge in [0.05, 0.1) is 10.6 Å². The number of nitrogens with zero attached hydrogens (tertiary/aromatic N) is 1. The summed E-state index contributed by atoms with van der Waals surface area (Å²) in [4.78, 5) is 3.74. The molecular weight excluding hydrogens is 215 g/mol. The molecule has 0 aliphatic rings. The molecule has 0 amide bonds. The van der Waals surface area contributed by atoms with Crippen LogP contribution in [0.5, 0.6) is 0 Å². The van der Waals surface area contributed by atoms with Crippen molar-refractivity contribution in [3.8, 4) is 0 Å². The molecule has 0 rings (SSSR count). The minimum absolute atomic E-state index is 0.481. The van der Waals surface area contributed by atoms with Crippen molar-refractivity contribution in [2.75, 3.05) is 0 Å². The second-order valence-electron chi connectivity index (χ2n) is 2.67. The summed E-state index contributed by atoms with van der Waals surface area (Å²) in [6.45, 7) is 6.39. The Kier molecular flexibility index (Phi) is 4.91. The summed E-state index contributed by atoms with van der Waals surface area (Å²) in [5, 5.41) is -0.481. The first-order valence-corrected chi connectivity index (χ1v) is 4.32. The molecule has 0 radical (unpaired) electrons. The molecule has 0 spiro atoms. The average molecular weight is 226 g/mol. The number of alkyl halides is 3. The van der Waals surface area contributed by atoms with Crippen LogP contribution in [0.15, 0.2) is 28.4 Å². The van der Waals surface area contributed by atoms with E-state index in [0.717, 1.165) is 6.20 Å². The second-order valence-corrected chi connectivity index (χ2v) is 3.08. The fourth-order valence-corrected chi connectivity index (χ4v) is 0.627. The van der Waals surface area contributed by atoms with Crippen LogP contribution in [0, 0.1) is 0 Å². The van der Waals surface area contributed by atoms with Crippen molar-refractivity contribution in [3.05, 3.63) is 23.4 Å². The Hall–Kier alpha value is -0.770. The third-order valence-corrected chi connectivity index (χ3v) is 1.87. The van der Waals surface area contributed by atoms with Crippen LogP contribution in [0.25, 0.3) is 0 Å². The van der Waals surface area contributed by atoms with Crippen LogP contribution in [-0.2, 0) is 0 Å². The minimum atomic E-state index is -4.50. The zero-order valence-electron chi connectivity index (χ0n) is 7.95. The molecule has 14 heavy (non-hydrogen) atoms. The van der Waals surface area contributed by atoms with Crippen LogP contribution < -0.4 is 0 Å². The maximum absolute atomic E-state index is 12.0. The van der Waals surface area contributed by atoms with Gasteiger partial charge in [0.15, 0.2) is 0 Å². The van der Waals surface area contributed by atoms with Gasteiger partial charge >= 0.3 is 6.18 Å². The monoisotopic (exact) mass is 225 g/mol. The van der Waals surface area contributed by atoms with Gasteiger partial charge in [0.1, 0.15) is 0 Å². The smallest absolute Gasteiger partial charge is 0.264 e. The topological polar surface area (TPSA) is 12.4 Å². The van der Waals surface area contributed by atoms with Gasteiger partial charge in [-0.05, 0) is 13.3 Å². The zero-order valence-corrected chi connectivity index (χ0v) is 8.71. The quantitative estimate of drug-likeness (QED) is 0.507. The van der Waals surface area contributed by atoms with Gasteiger partial charge in [0.2, 0.25) is 0 Å². The predicted octanol–water partition coefficient (Wildman–Crippen LogP) is 4.06. The van der Waals surface area contributed by atoms with Crippen LogP contribution in [0.2, 0.25) is 0 Å². The summed E-state index contributed by atoms with van der Waals surface area (Å²) in [6, 6.07) is 0. The van der Waals surface area contributed by atoms with Crippen molar-refractivity contribution < 1.29 is 13.2 Å². The van der Waals surface area contributed by atoms with Crippen molar-refractivity contribution >= 4 is 17.3 Å². The van der Waals surface area contributed by atoms with Gasteiger partial charge in [-0.3, -0.25) is 4.99 Å². The van der Waals surface area contributed by atoms with Crippen molar-refractivity contribution in [3.63, 3.8) is 0 Å². The lowest BCUT2D eigenvalue weighted by Gasteiger charge is -2.07. The number of allylic oxidation sites excluding steroid dienone is 2. The summed E-state index contributed by atoms with van der Waals surface area (Å²) in [5.74, 6) is 0. The standard InChI is InChI=1S/C9H11ClF3N/c1-4-6(2)14-5-8(10)7(3)9(11,12)13/h5H,3-4H2,1-2H3/b8-5+,14-6?. The Morgan fingerprint density at radius 2 is 2.00 bits per heavy atom. The fourth-order valence-electron chi connectivity index (χ4n) is 0.471. The summed E-state index contributed by atoms with van der Waals surface area (Å²) in [6.07, 6.45) is -2.86. The molecule has 0 saturated heterocycles. The molecule has 1 nitrogen and oxygen atoms in total. The highest BCUT2D eigenvalue weighted by atomic mass is 35.5. The van der Waals surface area contributed by atoms with Crippen molar-refractivity contribution in [2.24, 2.45) is 4.99 Å². The van der Waals surface area contributed by atoms with Crippen molar-refractivity contribution in [1.29, 1.82) is 0 Å². The van der Waals surface area contributed by atoms with E-state index in [1.165, 1.54) is 0 Å². The van der Waals surface area contributed by atoms with Gasteiger partial charge in [-0.1, -0.05) is 25.1 Å². The molecule has 0 aliphatic heterocycles. The fraction of sp³-hybridized carbons (Fsp3) is 0.444. The first-order valence-electron chi connectivity index (χ1n) is 3.94. The summed E-state index contributed by atoms with van der Waals surface area (Å²) < 4.78 is 36.1. The highest BCUT2D eigenvalue weighted by molar-refractivity contribution is 6.32.